The van der Waals surface area contributed by atoms with Gasteiger partial charge < -0.3 is 27.1 Å². The first-order chi connectivity index (χ1) is 32.2. The molecule has 2 aliphatic rings. The molecule has 0 saturated carbocycles. The lowest BCUT2D eigenvalue weighted by atomic mass is 9.79. The van der Waals surface area contributed by atoms with Crippen molar-refractivity contribution in [2.24, 2.45) is 0 Å². The molecule has 0 aromatic heterocycles. The Balaban J connectivity index is 1.10. The molecule has 8 heteroatoms. The van der Waals surface area contributed by atoms with Crippen molar-refractivity contribution < 1.29 is 27.1 Å². The van der Waals surface area contributed by atoms with Gasteiger partial charge in [0.25, 0.3) is 0 Å². The van der Waals surface area contributed by atoms with Gasteiger partial charge in [-0.15, -0.1) is 0 Å². The van der Waals surface area contributed by atoms with E-state index in [0.717, 1.165) is 56.0 Å². The van der Waals surface area contributed by atoms with Crippen molar-refractivity contribution in [1.82, 2.24) is 0 Å². The van der Waals surface area contributed by atoms with Crippen LogP contribution in [0.5, 0.6) is 34.5 Å². The third kappa shape index (κ3) is 9.87. The lowest BCUT2D eigenvalue weighted by Crippen LogP contribution is -2.18. The van der Waals surface area contributed by atoms with Gasteiger partial charge in [-0.2, -0.15) is 0 Å². The van der Waals surface area contributed by atoms with E-state index in [4.69, 9.17) is 27.1 Å². The number of fused-ring (bicyclic) bond motifs is 4. The van der Waals surface area contributed by atoms with E-state index in [9.17, 15) is 0 Å². The van der Waals surface area contributed by atoms with E-state index in [2.05, 4.69) is 192 Å². The summed E-state index contributed by atoms with van der Waals surface area (Å²) in [6.45, 7) is 26.7. The van der Waals surface area contributed by atoms with E-state index in [1.54, 1.807) is 0 Å². The largest absolute Gasteiger partial charge is 0.530 e. The molecule has 0 aliphatic carbocycles. The van der Waals surface area contributed by atoms with Crippen molar-refractivity contribution in [3.8, 4) is 34.5 Å². The van der Waals surface area contributed by atoms with Crippen LogP contribution in [0.1, 0.15) is 151 Å². The average molecular weight is 943 g/mol. The highest BCUT2D eigenvalue weighted by Gasteiger charge is 2.37. The van der Waals surface area contributed by atoms with Crippen molar-refractivity contribution in [3.63, 3.8) is 0 Å². The van der Waals surface area contributed by atoms with Gasteiger partial charge >= 0.3 is 17.2 Å². The number of para-hydroxylation sites is 4. The van der Waals surface area contributed by atoms with E-state index in [0.29, 0.717) is 23.0 Å². The Hall–Kier alpha value is -5.80. The Morgan fingerprint density at radius 3 is 0.941 bits per heavy atom. The predicted molar refractivity (Wildman–Crippen MR) is 279 cm³/mol. The van der Waals surface area contributed by atoms with Crippen molar-refractivity contribution in [3.05, 3.63) is 213 Å². The fourth-order valence-corrected chi connectivity index (χ4v) is 11.3. The first-order valence-electron chi connectivity index (χ1n) is 23.7. The molecule has 0 N–H and O–H groups in total. The molecule has 6 nitrogen and oxygen atoms in total. The molecule has 0 bridgehead atoms. The molecule has 0 atom stereocenters. The maximum absolute atomic E-state index is 6.86. The van der Waals surface area contributed by atoms with E-state index in [1.165, 1.54) is 11.1 Å². The molecule has 0 unspecified atom stereocenters. The summed E-state index contributed by atoms with van der Waals surface area (Å²) >= 11 is 0. The fraction of sp³-hybridized carbons (Fsp3) is 0.300. The van der Waals surface area contributed by atoms with Crippen LogP contribution in [0.25, 0.3) is 0 Å². The first-order valence-corrected chi connectivity index (χ1v) is 25.8. The highest BCUT2D eigenvalue weighted by atomic mass is 31.2. The van der Waals surface area contributed by atoms with E-state index in [1.807, 2.05) is 48.5 Å². The molecule has 0 saturated heterocycles. The number of hydrogen-bond donors (Lipinski definition) is 0. The monoisotopic (exact) mass is 942 g/mol. The van der Waals surface area contributed by atoms with Crippen molar-refractivity contribution in [2.75, 3.05) is 0 Å². The van der Waals surface area contributed by atoms with Crippen LogP contribution in [0.2, 0.25) is 0 Å². The molecule has 0 spiro atoms. The number of hydrogen-bond acceptors (Lipinski definition) is 6. The normalized spacial score (nSPS) is 18.2. The van der Waals surface area contributed by atoms with Gasteiger partial charge in [-0.05, 0) is 80.3 Å². The molecule has 0 fully saturated rings. The minimum Gasteiger partial charge on any atom is -0.408 e. The van der Waals surface area contributed by atoms with Crippen LogP contribution < -0.4 is 27.1 Å². The summed E-state index contributed by atoms with van der Waals surface area (Å²) in [6.07, 6.45) is 0. The summed E-state index contributed by atoms with van der Waals surface area (Å²) in [6, 6.07) is 55.0. The molecule has 0 amide bonds. The summed E-state index contributed by atoms with van der Waals surface area (Å²) in [5.74, 6) is 3.91. The smallest absolute Gasteiger partial charge is 0.408 e. The van der Waals surface area contributed by atoms with Crippen molar-refractivity contribution in [2.45, 2.75) is 117 Å². The molecule has 9 rings (SSSR count). The Kier molecular flexibility index (Phi) is 12.7. The molecule has 2 heterocycles. The average Bonchev–Trinajstić information content (AvgIpc) is 3.26. The van der Waals surface area contributed by atoms with Crippen LogP contribution in [-0.2, 0) is 21.7 Å². The van der Waals surface area contributed by atoms with Crippen LogP contribution in [0.15, 0.2) is 158 Å². The molecule has 0 radical (unpaired) electrons. The van der Waals surface area contributed by atoms with Gasteiger partial charge in [0, 0.05) is 45.2 Å². The highest BCUT2D eigenvalue weighted by molar-refractivity contribution is 7.43. The van der Waals surface area contributed by atoms with E-state index < -0.39 is 17.2 Å². The second-order valence-electron chi connectivity index (χ2n) is 22.1. The zero-order chi connectivity index (χ0) is 48.2. The lowest BCUT2D eigenvalue weighted by molar-refractivity contribution is 0.373. The molecule has 350 valence electrons. The fourth-order valence-electron chi connectivity index (χ4n) is 9.10. The Labute approximate surface area is 407 Å². The maximum atomic E-state index is 6.86. The van der Waals surface area contributed by atoms with Gasteiger partial charge in [-0.1, -0.05) is 204 Å². The van der Waals surface area contributed by atoms with Crippen LogP contribution >= 0.6 is 17.2 Å². The van der Waals surface area contributed by atoms with Gasteiger partial charge in [0.15, 0.2) is 0 Å². The van der Waals surface area contributed by atoms with Crippen LogP contribution in [0.3, 0.4) is 0 Å². The van der Waals surface area contributed by atoms with Crippen molar-refractivity contribution >= 4 is 17.2 Å². The Morgan fingerprint density at radius 1 is 0.338 bits per heavy atom. The summed E-state index contributed by atoms with van der Waals surface area (Å²) in [5, 5.41) is 0. The highest BCUT2D eigenvalue weighted by Crippen LogP contribution is 2.55. The first kappa shape index (κ1) is 47.3. The summed E-state index contributed by atoms with van der Waals surface area (Å²) in [7, 11) is -3.81. The third-order valence-electron chi connectivity index (χ3n) is 12.8. The Morgan fingerprint density at radius 2 is 0.647 bits per heavy atom. The quantitative estimate of drug-likeness (QED) is 0.155. The molecule has 2 aliphatic heterocycles. The summed E-state index contributed by atoms with van der Waals surface area (Å²) in [5.41, 5.74) is 10.6. The number of benzene rings is 7. The molecule has 68 heavy (non-hydrogen) atoms. The molecule has 7 aromatic rings. The second-order valence-corrected chi connectivity index (χ2v) is 24.1. The molecular weight excluding hydrogens is 879 g/mol. The van der Waals surface area contributed by atoms with Gasteiger partial charge in [0.2, 0.25) is 0 Å². The summed E-state index contributed by atoms with van der Waals surface area (Å²) < 4.78 is 41.1. The second kappa shape index (κ2) is 18.3. The SMILES string of the molecule is CC(C)(C)c1ccc(OP2Oc3ccccc3C(c3cccc(C4c5ccccc5OP(Oc5ccc(C(C)(C)C)cc5C(C)(C)C)Oc5ccccc54)c3)c3ccccc3O2)c(C(C)(C)C)c1. The summed E-state index contributed by atoms with van der Waals surface area (Å²) in [4.78, 5) is 0. The Bertz CT molecular complexity index is 2650. The minimum absolute atomic E-state index is 0.0135. The lowest BCUT2D eigenvalue weighted by Gasteiger charge is -2.32. The van der Waals surface area contributed by atoms with Gasteiger partial charge in [0.1, 0.15) is 34.5 Å². The predicted octanol–water partition coefficient (Wildman–Crippen LogP) is 17.4. The zero-order valence-corrected chi connectivity index (χ0v) is 43.3. The van der Waals surface area contributed by atoms with Gasteiger partial charge in [0.05, 0.1) is 0 Å². The minimum atomic E-state index is -1.91. The van der Waals surface area contributed by atoms with E-state index in [-0.39, 0.29) is 33.5 Å². The van der Waals surface area contributed by atoms with Gasteiger partial charge in [-0.3, -0.25) is 0 Å². The molecule has 7 aromatic carbocycles. The van der Waals surface area contributed by atoms with Crippen LogP contribution in [0.4, 0.5) is 0 Å². The maximum Gasteiger partial charge on any atom is 0.530 e. The van der Waals surface area contributed by atoms with Crippen LogP contribution in [-0.4, -0.2) is 0 Å². The zero-order valence-electron chi connectivity index (χ0n) is 41.5. The molecular formula is C60H64O6P2. The van der Waals surface area contributed by atoms with Crippen LogP contribution in [0, 0.1) is 0 Å². The topological polar surface area (TPSA) is 55.4 Å². The third-order valence-corrected chi connectivity index (χ3v) is 14.9. The van der Waals surface area contributed by atoms with E-state index >= 15 is 0 Å². The van der Waals surface area contributed by atoms with Crippen molar-refractivity contribution in [1.29, 1.82) is 0 Å². The standard InChI is InChI=1S/C60H64O6P2/c1-57(2,3)41-32-34-53(47(37-41)59(7,8)9)65-67-61-49-28-17-13-24-43(49)55(44-25-14-18-29-50(44)62-67)39-22-21-23-40(36-39)56-45-26-15-19-30-51(45)63-68(64-52-31-20-16-27-46(52)56)66-54-35-33-42(58(4,5)6)38-48(54)60(10,11)12/h13-38,55-56H,1-12H3. The van der Waals surface area contributed by atoms with Gasteiger partial charge in [-0.25, -0.2) is 0 Å². The number of rotatable bonds is 6.